The summed E-state index contributed by atoms with van der Waals surface area (Å²) >= 11 is 0. The number of rotatable bonds is 5. The van der Waals surface area contributed by atoms with Crippen molar-refractivity contribution in [2.45, 2.75) is 13.0 Å². The van der Waals surface area contributed by atoms with Crippen LogP contribution < -0.4 is 4.74 Å². The molecule has 2 heterocycles. The van der Waals surface area contributed by atoms with Gasteiger partial charge in [0.05, 0.1) is 18.9 Å². The molecule has 0 atom stereocenters. The van der Waals surface area contributed by atoms with Crippen LogP contribution in [0.2, 0.25) is 0 Å². The van der Waals surface area contributed by atoms with Gasteiger partial charge in [-0.3, -0.25) is 4.98 Å². The molecule has 0 aliphatic carbocycles. The summed E-state index contributed by atoms with van der Waals surface area (Å²) in [5, 5.41) is 8.94. The number of aromatic nitrogens is 2. The van der Waals surface area contributed by atoms with E-state index < -0.39 is 0 Å². The van der Waals surface area contributed by atoms with Crippen molar-refractivity contribution < 1.29 is 9.84 Å². The molecule has 2 rings (SSSR count). The molecule has 2 aromatic rings. The Morgan fingerprint density at radius 1 is 1.06 bits per heavy atom. The first-order valence-corrected chi connectivity index (χ1v) is 5.48. The molecule has 2 aromatic heterocycles. The van der Waals surface area contributed by atoms with E-state index in [1.165, 1.54) is 0 Å². The zero-order valence-corrected chi connectivity index (χ0v) is 9.41. The van der Waals surface area contributed by atoms with Crippen LogP contribution in [0.4, 0.5) is 0 Å². The Morgan fingerprint density at radius 2 is 1.94 bits per heavy atom. The molecule has 0 saturated carbocycles. The first-order chi connectivity index (χ1) is 8.38. The van der Waals surface area contributed by atoms with E-state index in [2.05, 4.69) is 9.97 Å². The number of pyridine rings is 2. The fraction of sp³-hybridized carbons (Fsp3) is 0.231. The standard InChI is InChI=1S/C13H14N2O2/c16-10-12-5-3-6-13(15-12)17-9-7-11-4-1-2-8-14-11/h1-6,8,16H,7,9-10H2. The molecule has 4 nitrogen and oxygen atoms in total. The minimum absolute atomic E-state index is 0.0720. The highest BCUT2D eigenvalue weighted by atomic mass is 16.5. The van der Waals surface area contributed by atoms with Crippen molar-refractivity contribution in [3.8, 4) is 5.88 Å². The van der Waals surface area contributed by atoms with Gasteiger partial charge in [-0.15, -0.1) is 0 Å². The lowest BCUT2D eigenvalue weighted by Crippen LogP contribution is -2.04. The predicted molar refractivity (Wildman–Crippen MR) is 63.6 cm³/mol. The summed E-state index contributed by atoms with van der Waals surface area (Å²) in [5.74, 6) is 0.535. The summed E-state index contributed by atoms with van der Waals surface area (Å²) in [4.78, 5) is 8.33. The molecule has 0 unspecified atom stereocenters. The molecule has 0 radical (unpaired) electrons. The van der Waals surface area contributed by atoms with Crippen LogP contribution in [-0.4, -0.2) is 21.7 Å². The lowest BCUT2D eigenvalue weighted by molar-refractivity contribution is 0.269. The maximum absolute atomic E-state index is 8.94. The monoisotopic (exact) mass is 230 g/mol. The number of ether oxygens (including phenoxy) is 1. The van der Waals surface area contributed by atoms with Crippen molar-refractivity contribution in [1.82, 2.24) is 9.97 Å². The first-order valence-electron chi connectivity index (χ1n) is 5.48. The maximum atomic E-state index is 8.94. The van der Waals surface area contributed by atoms with Gasteiger partial charge in [-0.2, -0.15) is 0 Å². The van der Waals surface area contributed by atoms with Crippen molar-refractivity contribution in [2.75, 3.05) is 6.61 Å². The fourth-order valence-electron chi connectivity index (χ4n) is 1.43. The van der Waals surface area contributed by atoms with E-state index in [0.29, 0.717) is 18.2 Å². The van der Waals surface area contributed by atoms with Gasteiger partial charge in [-0.1, -0.05) is 12.1 Å². The lowest BCUT2D eigenvalue weighted by atomic mass is 10.3. The molecule has 0 aliphatic rings. The third-order valence-corrected chi connectivity index (χ3v) is 2.28. The van der Waals surface area contributed by atoms with E-state index in [-0.39, 0.29) is 6.61 Å². The third-order valence-electron chi connectivity index (χ3n) is 2.28. The molecule has 0 fully saturated rings. The smallest absolute Gasteiger partial charge is 0.213 e. The number of aliphatic hydroxyl groups excluding tert-OH is 1. The van der Waals surface area contributed by atoms with Crippen molar-refractivity contribution in [3.63, 3.8) is 0 Å². The number of aliphatic hydroxyl groups is 1. The summed E-state index contributed by atoms with van der Waals surface area (Å²) in [6, 6.07) is 11.1. The normalized spacial score (nSPS) is 10.2. The molecule has 4 heteroatoms. The van der Waals surface area contributed by atoms with Crippen LogP contribution in [0, 0.1) is 0 Å². The van der Waals surface area contributed by atoms with Crippen LogP contribution in [0.25, 0.3) is 0 Å². The van der Waals surface area contributed by atoms with E-state index in [9.17, 15) is 0 Å². The summed E-state index contributed by atoms with van der Waals surface area (Å²) in [6.07, 6.45) is 2.51. The summed E-state index contributed by atoms with van der Waals surface area (Å²) in [7, 11) is 0. The fourth-order valence-corrected chi connectivity index (χ4v) is 1.43. The second-order valence-electron chi connectivity index (χ2n) is 3.54. The van der Waals surface area contributed by atoms with Crippen molar-refractivity contribution in [1.29, 1.82) is 0 Å². The molecule has 0 amide bonds. The van der Waals surface area contributed by atoms with Gasteiger partial charge in [0.1, 0.15) is 0 Å². The van der Waals surface area contributed by atoms with E-state index >= 15 is 0 Å². The van der Waals surface area contributed by atoms with Crippen LogP contribution in [-0.2, 0) is 13.0 Å². The zero-order valence-electron chi connectivity index (χ0n) is 9.41. The Kier molecular flexibility index (Phi) is 4.05. The van der Waals surface area contributed by atoms with Gasteiger partial charge < -0.3 is 9.84 Å². The second-order valence-corrected chi connectivity index (χ2v) is 3.54. The lowest BCUT2D eigenvalue weighted by Gasteiger charge is -2.05. The van der Waals surface area contributed by atoms with E-state index in [0.717, 1.165) is 12.1 Å². The van der Waals surface area contributed by atoms with Gasteiger partial charge in [0.15, 0.2) is 0 Å². The molecule has 0 aliphatic heterocycles. The maximum Gasteiger partial charge on any atom is 0.213 e. The predicted octanol–water partition coefficient (Wildman–Crippen LogP) is 1.59. The average molecular weight is 230 g/mol. The number of hydrogen-bond acceptors (Lipinski definition) is 4. The molecule has 17 heavy (non-hydrogen) atoms. The van der Waals surface area contributed by atoms with E-state index in [1.54, 1.807) is 18.3 Å². The molecule has 0 spiro atoms. The van der Waals surface area contributed by atoms with E-state index in [1.807, 2.05) is 24.3 Å². The number of hydrogen-bond donors (Lipinski definition) is 1. The van der Waals surface area contributed by atoms with Gasteiger partial charge in [-0.05, 0) is 18.2 Å². The average Bonchev–Trinajstić information content (AvgIpc) is 2.40. The molecule has 0 saturated heterocycles. The minimum atomic E-state index is -0.0720. The summed E-state index contributed by atoms with van der Waals surface area (Å²) < 4.78 is 5.49. The molecule has 0 bridgehead atoms. The molecule has 1 N–H and O–H groups in total. The van der Waals surface area contributed by atoms with Crippen molar-refractivity contribution >= 4 is 0 Å². The summed E-state index contributed by atoms with van der Waals surface area (Å²) in [6.45, 7) is 0.455. The van der Waals surface area contributed by atoms with Gasteiger partial charge in [0.25, 0.3) is 0 Å². The minimum Gasteiger partial charge on any atom is -0.477 e. The highest BCUT2D eigenvalue weighted by molar-refractivity contribution is 5.15. The summed E-state index contributed by atoms with van der Waals surface area (Å²) in [5.41, 5.74) is 1.60. The Balaban J connectivity index is 1.86. The third kappa shape index (κ3) is 3.53. The van der Waals surface area contributed by atoms with Gasteiger partial charge in [0.2, 0.25) is 5.88 Å². The largest absolute Gasteiger partial charge is 0.477 e. The quantitative estimate of drug-likeness (QED) is 0.847. The van der Waals surface area contributed by atoms with Crippen LogP contribution in [0.3, 0.4) is 0 Å². The van der Waals surface area contributed by atoms with Crippen LogP contribution in [0.1, 0.15) is 11.4 Å². The van der Waals surface area contributed by atoms with Crippen LogP contribution in [0.15, 0.2) is 42.6 Å². The van der Waals surface area contributed by atoms with Gasteiger partial charge >= 0.3 is 0 Å². The Bertz CT molecular complexity index is 460. The Labute approximate surface area is 99.9 Å². The molecule has 88 valence electrons. The SMILES string of the molecule is OCc1cccc(OCCc2ccccn2)n1. The van der Waals surface area contributed by atoms with Gasteiger partial charge in [-0.25, -0.2) is 4.98 Å². The van der Waals surface area contributed by atoms with Gasteiger partial charge in [0, 0.05) is 24.4 Å². The zero-order chi connectivity index (χ0) is 11.9. The van der Waals surface area contributed by atoms with Crippen molar-refractivity contribution in [3.05, 3.63) is 54.0 Å². The highest BCUT2D eigenvalue weighted by Crippen LogP contribution is 2.08. The first kappa shape index (κ1) is 11.5. The molecule has 0 aromatic carbocycles. The van der Waals surface area contributed by atoms with Crippen molar-refractivity contribution in [2.24, 2.45) is 0 Å². The van der Waals surface area contributed by atoms with Crippen LogP contribution >= 0.6 is 0 Å². The Morgan fingerprint density at radius 3 is 2.71 bits per heavy atom. The Hall–Kier alpha value is -1.94. The topological polar surface area (TPSA) is 55.2 Å². The second kappa shape index (κ2) is 5.96. The number of nitrogens with zero attached hydrogens (tertiary/aromatic N) is 2. The van der Waals surface area contributed by atoms with E-state index in [4.69, 9.17) is 9.84 Å². The highest BCUT2D eigenvalue weighted by Gasteiger charge is 1.98. The molecular formula is C13H14N2O2. The van der Waals surface area contributed by atoms with Crippen LogP contribution in [0.5, 0.6) is 5.88 Å². The molecular weight excluding hydrogens is 216 g/mol.